The fraction of sp³-hybridized carbons (Fsp3) is 0.333. The molecular formula is C15H15N3S2. The normalized spacial score (nSPS) is 16.9. The van der Waals surface area contributed by atoms with Gasteiger partial charge in [-0.25, -0.2) is 4.98 Å². The van der Waals surface area contributed by atoms with Crippen LogP contribution in [-0.2, 0) is 0 Å². The maximum Gasteiger partial charge on any atom is 0.186 e. The smallest absolute Gasteiger partial charge is 0.186 e. The first-order valence-electron chi connectivity index (χ1n) is 6.88. The molecule has 0 radical (unpaired) electrons. The van der Waals surface area contributed by atoms with Crippen LogP contribution in [0.25, 0.3) is 10.2 Å². The molecule has 102 valence electrons. The van der Waals surface area contributed by atoms with Crippen molar-refractivity contribution in [1.29, 1.82) is 0 Å². The van der Waals surface area contributed by atoms with Gasteiger partial charge in [0.2, 0.25) is 0 Å². The van der Waals surface area contributed by atoms with Crippen molar-refractivity contribution >= 4 is 38.0 Å². The van der Waals surface area contributed by atoms with Gasteiger partial charge >= 0.3 is 0 Å². The summed E-state index contributed by atoms with van der Waals surface area (Å²) in [6.07, 6.45) is 6.15. The Morgan fingerprint density at radius 1 is 1.20 bits per heavy atom. The fourth-order valence-corrected chi connectivity index (χ4v) is 4.54. The quantitative estimate of drug-likeness (QED) is 0.712. The van der Waals surface area contributed by atoms with Gasteiger partial charge in [0.05, 0.1) is 10.9 Å². The van der Waals surface area contributed by atoms with E-state index in [9.17, 15) is 0 Å². The van der Waals surface area contributed by atoms with Crippen LogP contribution in [0.15, 0.2) is 35.3 Å². The molecule has 0 amide bonds. The first kappa shape index (κ1) is 12.3. The van der Waals surface area contributed by atoms with Gasteiger partial charge < -0.3 is 4.90 Å². The first-order chi connectivity index (χ1) is 9.90. The van der Waals surface area contributed by atoms with Crippen molar-refractivity contribution in [2.24, 2.45) is 0 Å². The van der Waals surface area contributed by atoms with E-state index in [4.69, 9.17) is 4.98 Å². The van der Waals surface area contributed by atoms with Gasteiger partial charge in [-0.3, -0.25) is 4.98 Å². The highest BCUT2D eigenvalue weighted by molar-refractivity contribution is 7.22. The summed E-state index contributed by atoms with van der Waals surface area (Å²) >= 11 is 3.58. The van der Waals surface area contributed by atoms with Gasteiger partial charge in [-0.1, -0.05) is 11.3 Å². The van der Waals surface area contributed by atoms with E-state index in [0.717, 1.165) is 29.7 Å². The molecule has 20 heavy (non-hydrogen) atoms. The molecule has 1 saturated heterocycles. The minimum Gasteiger partial charge on any atom is -0.348 e. The maximum atomic E-state index is 4.71. The summed E-state index contributed by atoms with van der Waals surface area (Å²) in [5.41, 5.74) is 2.54. The van der Waals surface area contributed by atoms with Gasteiger partial charge in [-0.15, -0.1) is 0 Å². The first-order valence-corrected chi connectivity index (χ1v) is 8.64. The molecule has 0 saturated carbocycles. The van der Waals surface area contributed by atoms with Crippen LogP contribution < -0.4 is 4.90 Å². The molecule has 0 aromatic carbocycles. The third-order valence-electron chi connectivity index (χ3n) is 3.96. The summed E-state index contributed by atoms with van der Waals surface area (Å²) < 4.78 is 1.23. The average Bonchev–Trinajstić information content (AvgIpc) is 3.17. The lowest BCUT2D eigenvalue weighted by atomic mass is 9.92. The van der Waals surface area contributed by atoms with Crippen molar-refractivity contribution in [3.8, 4) is 0 Å². The maximum absolute atomic E-state index is 4.71. The van der Waals surface area contributed by atoms with Gasteiger partial charge in [0, 0.05) is 19.3 Å². The standard InChI is InChI=1S/C15H15N3S2/c1-5-16-9-13-14(1)20-15(17-13)18-6-2-11(3-7-18)12-4-8-19-10-12/h1,4-5,8-11H,2-3,6-7H2. The fourth-order valence-electron chi connectivity index (χ4n) is 2.81. The zero-order chi connectivity index (χ0) is 13.4. The van der Waals surface area contributed by atoms with Gasteiger partial charge in [-0.05, 0) is 47.2 Å². The van der Waals surface area contributed by atoms with E-state index in [-0.39, 0.29) is 0 Å². The summed E-state index contributed by atoms with van der Waals surface area (Å²) in [6.45, 7) is 2.21. The van der Waals surface area contributed by atoms with Crippen LogP contribution in [0.5, 0.6) is 0 Å². The van der Waals surface area contributed by atoms with Crippen molar-refractivity contribution in [2.75, 3.05) is 18.0 Å². The van der Waals surface area contributed by atoms with Crippen LogP contribution in [0, 0.1) is 0 Å². The Bertz CT molecular complexity index is 664. The number of pyridine rings is 1. The second-order valence-electron chi connectivity index (χ2n) is 5.16. The van der Waals surface area contributed by atoms with Crippen molar-refractivity contribution < 1.29 is 0 Å². The van der Waals surface area contributed by atoms with Gasteiger partial charge in [0.25, 0.3) is 0 Å². The number of rotatable bonds is 2. The predicted octanol–water partition coefficient (Wildman–Crippen LogP) is 4.14. The van der Waals surface area contributed by atoms with E-state index in [1.165, 1.54) is 23.1 Å². The monoisotopic (exact) mass is 301 g/mol. The number of piperidine rings is 1. The van der Waals surface area contributed by atoms with Crippen LogP contribution in [-0.4, -0.2) is 23.1 Å². The molecule has 1 aliphatic heterocycles. The van der Waals surface area contributed by atoms with E-state index in [1.54, 1.807) is 22.7 Å². The number of nitrogens with zero attached hydrogens (tertiary/aromatic N) is 3. The molecule has 3 aromatic rings. The topological polar surface area (TPSA) is 29.0 Å². The summed E-state index contributed by atoms with van der Waals surface area (Å²) in [5, 5.41) is 5.63. The summed E-state index contributed by atoms with van der Waals surface area (Å²) in [5.74, 6) is 0.730. The second-order valence-corrected chi connectivity index (χ2v) is 6.95. The Hall–Kier alpha value is -1.46. The molecule has 0 spiro atoms. The lowest BCUT2D eigenvalue weighted by Crippen LogP contribution is -2.32. The largest absolute Gasteiger partial charge is 0.348 e. The Kier molecular flexibility index (Phi) is 3.16. The molecule has 0 atom stereocenters. The molecule has 0 N–H and O–H groups in total. The highest BCUT2D eigenvalue weighted by Crippen LogP contribution is 2.34. The third-order valence-corrected chi connectivity index (χ3v) is 5.76. The van der Waals surface area contributed by atoms with Crippen LogP contribution in [0.1, 0.15) is 24.3 Å². The van der Waals surface area contributed by atoms with Gasteiger partial charge in [-0.2, -0.15) is 11.3 Å². The van der Waals surface area contributed by atoms with Crippen molar-refractivity contribution in [3.63, 3.8) is 0 Å². The second kappa shape index (κ2) is 5.14. The number of aromatic nitrogens is 2. The Morgan fingerprint density at radius 3 is 2.85 bits per heavy atom. The molecule has 1 fully saturated rings. The van der Waals surface area contributed by atoms with Crippen LogP contribution in [0.3, 0.4) is 0 Å². The number of thiophene rings is 1. The minimum atomic E-state index is 0.730. The predicted molar refractivity (Wildman–Crippen MR) is 85.9 cm³/mol. The zero-order valence-corrected chi connectivity index (χ0v) is 12.7. The van der Waals surface area contributed by atoms with Crippen molar-refractivity contribution in [2.45, 2.75) is 18.8 Å². The SMILES string of the molecule is c1cc2sc(N3CCC(c4ccsc4)CC3)nc2cn1. The van der Waals surface area contributed by atoms with Gasteiger partial charge in [0.1, 0.15) is 5.52 Å². The van der Waals surface area contributed by atoms with E-state index in [1.807, 2.05) is 12.4 Å². The van der Waals surface area contributed by atoms with E-state index in [0.29, 0.717) is 0 Å². The van der Waals surface area contributed by atoms with E-state index >= 15 is 0 Å². The molecule has 0 aliphatic carbocycles. The summed E-state index contributed by atoms with van der Waals surface area (Å²) in [4.78, 5) is 11.3. The number of hydrogen-bond acceptors (Lipinski definition) is 5. The molecule has 1 aliphatic rings. The molecular weight excluding hydrogens is 286 g/mol. The molecule has 0 bridgehead atoms. The average molecular weight is 301 g/mol. The Labute approximate surface area is 125 Å². The lowest BCUT2D eigenvalue weighted by Gasteiger charge is -2.31. The highest BCUT2D eigenvalue weighted by Gasteiger charge is 2.22. The molecule has 3 aromatic heterocycles. The minimum absolute atomic E-state index is 0.730. The van der Waals surface area contributed by atoms with Crippen LogP contribution in [0.4, 0.5) is 5.13 Å². The molecule has 0 unspecified atom stereocenters. The van der Waals surface area contributed by atoms with Gasteiger partial charge in [0.15, 0.2) is 5.13 Å². The molecule has 4 heterocycles. The Morgan fingerprint density at radius 2 is 2.10 bits per heavy atom. The van der Waals surface area contributed by atoms with Crippen molar-refractivity contribution in [3.05, 3.63) is 40.8 Å². The molecule has 3 nitrogen and oxygen atoms in total. The third kappa shape index (κ3) is 2.21. The van der Waals surface area contributed by atoms with Crippen LogP contribution >= 0.6 is 22.7 Å². The number of thiazole rings is 1. The molecule has 5 heteroatoms. The summed E-state index contributed by atoms with van der Waals surface area (Å²) in [7, 11) is 0. The Balaban J connectivity index is 1.51. The number of anilines is 1. The zero-order valence-electron chi connectivity index (χ0n) is 11.0. The summed E-state index contributed by atoms with van der Waals surface area (Å²) in [6, 6.07) is 4.32. The van der Waals surface area contributed by atoms with Crippen molar-refractivity contribution in [1.82, 2.24) is 9.97 Å². The van der Waals surface area contributed by atoms with Crippen LogP contribution in [0.2, 0.25) is 0 Å². The lowest BCUT2D eigenvalue weighted by molar-refractivity contribution is 0.506. The van der Waals surface area contributed by atoms with E-state index < -0.39 is 0 Å². The van der Waals surface area contributed by atoms with E-state index in [2.05, 4.69) is 32.8 Å². The number of hydrogen-bond donors (Lipinski definition) is 0. The number of fused-ring (bicyclic) bond motifs is 1. The highest BCUT2D eigenvalue weighted by atomic mass is 32.1. The molecule has 4 rings (SSSR count).